The number of nitrogens with one attached hydrogen (secondary N) is 1. The van der Waals surface area contributed by atoms with Crippen molar-refractivity contribution in [2.45, 2.75) is 44.2 Å². The summed E-state index contributed by atoms with van der Waals surface area (Å²) in [5.74, 6) is 0. The minimum atomic E-state index is 0.278. The molecule has 2 heterocycles. The molecule has 3 nitrogen and oxygen atoms in total. The number of fused-ring (bicyclic) bond motifs is 1. The fourth-order valence-corrected chi connectivity index (χ4v) is 4.45. The number of rotatable bonds is 4. The molecule has 5 heteroatoms. The number of nitrogens with zero attached hydrogens (tertiary/aromatic N) is 2. The Morgan fingerprint density at radius 2 is 2.28 bits per heavy atom. The summed E-state index contributed by atoms with van der Waals surface area (Å²) in [5.41, 5.74) is 3.26. The first-order chi connectivity index (χ1) is 8.90. The monoisotopic (exact) mass is 277 g/mol. The smallest absolute Gasteiger partial charge is 0.116 e. The van der Waals surface area contributed by atoms with Gasteiger partial charge in [0.2, 0.25) is 0 Å². The van der Waals surface area contributed by atoms with Crippen LogP contribution in [0.3, 0.4) is 0 Å². The molecule has 2 aliphatic carbocycles. The summed E-state index contributed by atoms with van der Waals surface area (Å²) < 4.78 is 0. The van der Waals surface area contributed by atoms with Crippen LogP contribution in [-0.2, 0) is 12.8 Å². The molecule has 2 aromatic rings. The lowest BCUT2D eigenvalue weighted by molar-refractivity contribution is 0.603. The molecule has 4 rings (SSSR count). The Labute approximate surface area is 114 Å². The Balaban J connectivity index is 1.67. The molecule has 0 aliphatic heterocycles. The van der Waals surface area contributed by atoms with E-state index < -0.39 is 0 Å². The molecule has 0 bridgehead atoms. The first-order valence-electron chi connectivity index (χ1n) is 6.53. The number of thiazole rings is 2. The highest BCUT2D eigenvalue weighted by Gasteiger charge is 2.30. The van der Waals surface area contributed by atoms with Crippen LogP contribution in [0.4, 0.5) is 0 Å². The van der Waals surface area contributed by atoms with Crippen molar-refractivity contribution >= 4 is 22.7 Å². The van der Waals surface area contributed by atoms with Crippen LogP contribution in [0.25, 0.3) is 0 Å². The van der Waals surface area contributed by atoms with Crippen molar-refractivity contribution in [1.82, 2.24) is 15.3 Å². The van der Waals surface area contributed by atoms with Crippen LogP contribution in [0.5, 0.6) is 0 Å². The van der Waals surface area contributed by atoms with Crippen molar-refractivity contribution in [2.75, 3.05) is 0 Å². The third-order valence-corrected chi connectivity index (χ3v) is 5.64. The van der Waals surface area contributed by atoms with E-state index in [0.717, 1.165) is 0 Å². The van der Waals surface area contributed by atoms with Crippen LogP contribution in [0.2, 0.25) is 0 Å². The van der Waals surface area contributed by atoms with Crippen molar-refractivity contribution < 1.29 is 0 Å². The van der Waals surface area contributed by atoms with Gasteiger partial charge in [-0.05, 0) is 32.1 Å². The Hall–Kier alpha value is -0.780. The maximum Gasteiger partial charge on any atom is 0.116 e. The normalized spacial score (nSPS) is 20.0. The molecule has 18 heavy (non-hydrogen) atoms. The zero-order valence-electron chi connectivity index (χ0n) is 10.1. The lowest BCUT2D eigenvalue weighted by Crippen LogP contribution is -2.23. The molecule has 1 unspecified atom stereocenters. The largest absolute Gasteiger partial charge is 0.301 e. The van der Waals surface area contributed by atoms with Crippen LogP contribution in [0.15, 0.2) is 11.7 Å². The third kappa shape index (κ3) is 2.00. The summed E-state index contributed by atoms with van der Waals surface area (Å²) >= 11 is 3.63. The molecule has 0 amide bonds. The highest BCUT2D eigenvalue weighted by molar-refractivity contribution is 7.12. The molecule has 1 fully saturated rings. The summed E-state index contributed by atoms with van der Waals surface area (Å²) in [6.07, 6.45) is 8.28. The van der Waals surface area contributed by atoms with Gasteiger partial charge in [-0.25, -0.2) is 4.98 Å². The van der Waals surface area contributed by atoms with E-state index in [1.54, 1.807) is 11.3 Å². The Morgan fingerprint density at radius 1 is 1.33 bits per heavy atom. The lowest BCUT2D eigenvalue weighted by Gasteiger charge is -2.14. The maximum absolute atomic E-state index is 4.86. The van der Waals surface area contributed by atoms with Crippen molar-refractivity contribution in [3.05, 3.63) is 32.2 Å². The van der Waals surface area contributed by atoms with Gasteiger partial charge in [-0.15, -0.1) is 22.7 Å². The van der Waals surface area contributed by atoms with Crippen molar-refractivity contribution in [3.8, 4) is 0 Å². The zero-order valence-corrected chi connectivity index (χ0v) is 11.7. The molecular weight excluding hydrogens is 262 g/mol. The summed E-state index contributed by atoms with van der Waals surface area (Å²) in [5, 5.41) is 4.96. The van der Waals surface area contributed by atoms with Crippen LogP contribution in [-0.4, -0.2) is 16.0 Å². The van der Waals surface area contributed by atoms with Crippen molar-refractivity contribution in [3.63, 3.8) is 0 Å². The second-order valence-electron chi connectivity index (χ2n) is 5.05. The number of aromatic nitrogens is 2. The predicted molar refractivity (Wildman–Crippen MR) is 74.3 cm³/mol. The lowest BCUT2D eigenvalue weighted by atomic mass is 10.2. The minimum Gasteiger partial charge on any atom is -0.301 e. The Bertz CT molecular complexity index is 521. The highest BCUT2D eigenvalue weighted by Crippen LogP contribution is 2.36. The number of aryl methyl sites for hydroxylation is 2. The average molecular weight is 277 g/mol. The highest BCUT2D eigenvalue weighted by atomic mass is 32.1. The fraction of sp³-hybridized carbons (Fsp3) is 0.538. The van der Waals surface area contributed by atoms with E-state index in [-0.39, 0.29) is 6.04 Å². The standard InChI is InChI=1S/C13H15N3S2/c1-2-9-10(3-1)18-13(16-9)12(15-8-4-5-8)11-6-14-7-17-11/h6-8,12,15H,1-5H2. The first kappa shape index (κ1) is 11.1. The molecule has 94 valence electrons. The minimum absolute atomic E-state index is 0.278. The van der Waals surface area contributed by atoms with Crippen molar-refractivity contribution in [2.24, 2.45) is 0 Å². The first-order valence-corrected chi connectivity index (χ1v) is 8.22. The van der Waals surface area contributed by atoms with Crippen LogP contribution >= 0.6 is 22.7 Å². The van der Waals surface area contributed by atoms with Gasteiger partial charge < -0.3 is 5.32 Å². The van der Waals surface area contributed by atoms with E-state index in [2.05, 4.69) is 10.3 Å². The van der Waals surface area contributed by atoms with Crippen LogP contribution < -0.4 is 5.32 Å². The van der Waals surface area contributed by atoms with Gasteiger partial charge in [0.05, 0.1) is 17.2 Å². The maximum atomic E-state index is 4.86. The molecular formula is C13H15N3S2. The second kappa shape index (κ2) is 4.40. The second-order valence-corrected chi connectivity index (χ2v) is 7.09. The SMILES string of the molecule is c1ncc(C(NC2CC2)c2nc3c(s2)CCC3)s1. The van der Waals surface area contributed by atoms with E-state index >= 15 is 0 Å². The fourth-order valence-electron chi connectivity index (χ4n) is 2.46. The molecule has 2 aromatic heterocycles. The molecule has 0 radical (unpaired) electrons. The summed E-state index contributed by atoms with van der Waals surface area (Å²) in [6, 6.07) is 0.969. The molecule has 0 saturated heterocycles. The van der Waals surface area contributed by atoms with Gasteiger partial charge in [0.15, 0.2) is 0 Å². The summed E-state index contributed by atoms with van der Waals surface area (Å²) in [6.45, 7) is 0. The predicted octanol–water partition coefficient (Wildman–Crippen LogP) is 2.93. The molecule has 0 aromatic carbocycles. The van der Waals surface area contributed by atoms with Gasteiger partial charge in [-0.1, -0.05) is 0 Å². The van der Waals surface area contributed by atoms with E-state index in [1.165, 1.54) is 52.6 Å². The quantitative estimate of drug-likeness (QED) is 0.933. The van der Waals surface area contributed by atoms with E-state index in [1.807, 2.05) is 23.0 Å². The topological polar surface area (TPSA) is 37.8 Å². The average Bonchev–Trinajstić information content (AvgIpc) is 2.84. The van der Waals surface area contributed by atoms with Gasteiger partial charge in [0.25, 0.3) is 0 Å². The number of hydrogen-bond acceptors (Lipinski definition) is 5. The summed E-state index contributed by atoms with van der Waals surface area (Å²) in [7, 11) is 0. The third-order valence-electron chi connectivity index (χ3n) is 3.57. The van der Waals surface area contributed by atoms with E-state index in [4.69, 9.17) is 4.98 Å². The van der Waals surface area contributed by atoms with Gasteiger partial charge >= 0.3 is 0 Å². The Morgan fingerprint density at radius 3 is 3.00 bits per heavy atom. The molecule has 1 N–H and O–H groups in total. The van der Waals surface area contributed by atoms with Gasteiger partial charge in [0, 0.05) is 22.0 Å². The van der Waals surface area contributed by atoms with Crippen LogP contribution in [0, 0.1) is 0 Å². The van der Waals surface area contributed by atoms with Gasteiger partial charge in [0.1, 0.15) is 5.01 Å². The van der Waals surface area contributed by atoms with Gasteiger partial charge in [-0.3, -0.25) is 4.98 Å². The summed E-state index contributed by atoms with van der Waals surface area (Å²) in [4.78, 5) is 11.9. The van der Waals surface area contributed by atoms with Crippen molar-refractivity contribution in [1.29, 1.82) is 0 Å². The molecule has 2 aliphatic rings. The van der Waals surface area contributed by atoms with E-state index in [9.17, 15) is 0 Å². The Kier molecular flexibility index (Phi) is 2.71. The van der Waals surface area contributed by atoms with Gasteiger partial charge in [-0.2, -0.15) is 0 Å². The number of hydrogen-bond donors (Lipinski definition) is 1. The van der Waals surface area contributed by atoms with E-state index in [0.29, 0.717) is 6.04 Å². The molecule has 1 saturated carbocycles. The van der Waals surface area contributed by atoms with Crippen LogP contribution in [0.1, 0.15) is 45.8 Å². The molecule has 0 spiro atoms. The zero-order chi connectivity index (χ0) is 11.9. The molecule has 1 atom stereocenters.